The molecule has 11 heteroatoms. The Kier molecular flexibility index (Phi) is 11.1. The fraction of sp³-hybridized carbons (Fsp3) is 0.500. The van der Waals surface area contributed by atoms with Gasteiger partial charge in [0.2, 0.25) is 0 Å². The molecule has 1 saturated heterocycles. The van der Waals surface area contributed by atoms with Crippen LogP contribution in [-0.2, 0) is 25.9 Å². The number of fused-ring (bicyclic) bond motifs is 2. The van der Waals surface area contributed by atoms with Gasteiger partial charge in [0.1, 0.15) is 21.5 Å². The number of nitrogens with one attached hydrogen (secondary N) is 1. The molecule has 7 rings (SSSR count). The number of thiazole rings is 2. The van der Waals surface area contributed by atoms with Gasteiger partial charge in [-0.2, -0.15) is 0 Å². The second-order valence-electron chi connectivity index (χ2n) is 13.3. The van der Waals surface area contributed by atoms with Gasteiger partial charge in [0.15, 0.2) is 0 Å². The van der Waals surface area contributed by atoms with E-state index in [4.69, 9.17) is 19.4 Å². The molecule has 2 amide bonds. The molecule has 1 atom stereocenters. The summed E-state index contributed by atoms with van der Waals surface area (Å²) in [6.07, 6.45) is 6.49. The number of amides is 2. The number of aromatic nitrogens is 2. The molecule has 3 aliphatic rings. The number of ether oxygens (including phenoxy) is 2. The Morgan fingerprint density at radius 3 is 2.00 bits per heavy atom. The van der Waals surface area contributed by atoms with Gasteiger partial charge in [-0.3, -0.25) is 4.90 Å². The van der Waals surface area contributed by atoms with Crippen LogP contribution < -0.4 is 14.8 Å². The molecule has 1 N–H and O–H groups in total. The summed E-state index contributed by atoms with van der Waals surface area (Å²) in [5, 5.41) is 5.01. The first kappa shape index (κ1) is 34.0. The lowest BCUT2D eigenvalue weighted by atomic mass is 10.1. The summed E-state index contributed by atoms with van der Waals surface area (Å²) in [6, 6.07) is 17.5. The monoisotopic (exact) mass is 700 g/mol. The molecule has 0 radical (unpaired) electrons. The van der Waals surface area contributed by atoms with E-state index in [9.17, 15) is 4.79 Å². The molecule has 2 aromatic carbocycles. The summed E-state index contributed by atoms with van der Waals surface area (Å²) in [6.45, 7) is 13.1. The first-order chi connectivity index (χ1) is 24.0. The average Bonchev–Trinajstić information content (AvgIpc) is 3.87. The zero-order chi connectivity index (χ0) is 33.6. The van der Waals surface area contributed by atoms with Crippen LogP contribution in [0.25, 0.3) is 21.1 Å². The van der Waals surface area contributed by atoms with Crippen molar-refractivity contribution in [2.24, 2.45) is 0 Å². The maximum absolute atomic E-state index is 12.3. The normalized spacial score (nSPS) is 17.9. The minimum Gasteiger partial charge on any atom is -0.494 e. The maximum Gasteiger partial charge on any atom is 0.317 e. The Balaban J connectivity index is 0.830. The number of carbonyl (C=O) groups is 1. The molecule has 0 aliphatic carbocycles. The highest BCUT2D eigenvalue weighted by Gasteiger charge is 2.25. The Morgan fingerprint density at radius 1 is 0.816 bits per heavy atom. The quantitative estimate of drug-likeness (QED) is 0.149. The molecule has 3 aliphatic heterocycles. The summed E-state index contributed by atoms with van der Waals surface area (Å²) >= 11 is 3.51. The molecule has 4 aromatic rings. The highest BCUT2D eigenvalue weighted by atomic mass is 32.1. The first-order valence-corrected chi connectivity index (χ1v) is 19.6. The van der Waals surface area contributed by atoms with Crippen LogP contribution in [0, 0.1) is 0 Å². The van der Waals surface area contributed by atoms with E-state index in [-0.39, 0.29) is 6.03 Å². The van der Waals surface area contributed by atoms with Gasteiger partial charge >= 0.3 is 6.03 Å². The molecule has 5 heterocycles. The van der Waals surface area contributed by atoms with Crippen LogP contribution in [0.15, 0.2) is 48.5 Å². The largest absolute Gasteiger partial charge is 0.494 e. The van der Waals surface area contributed by atoms with Crippen molar-refractivity contribution in [3.63, 3.8) is 0 Å². The molecule has 0 bridgehead atoms. The fourth-order valence-corrected chi connectivity index (χ4v) is 9.25. The topological polar surface area (TPSA) is 83.1 Å². The third kappa shape index (κ3) is 8.45. The third-order valence-electron chi connectivity index (χ3n) is 9.80. The number of benzene rings is 2. The molecule has 9 nitrogen and oxygen atoms in total. The molecule has 2 aromatic heterocycles. The number of urea groups is 1. The van der Waals surface area contributed by atoms with Crippen LogP contribution >= 0.6 is 22.7 Å². The van der Waals surface area contributed by atoms with Gasteiger partial charge in [0, 0.05) is 79.0 Å². The van der Waals surface area contributed by atoms with Crippen LogP contribution in [0.2, 0.25) is 0 Å². The van der Waals surface area contributed by atoms with Gasteiger partial charge < -0.3 is 24.6 Å². The van der Waals surface area contributed by atoms with E-state index in [0.29, 0.717) is 26.2 Å². The number of hydrogen-bond donors (Lipinski definition) is 1. The lowest BCUT2D eigenvalue weighted by Gasteiger charge is -2.25. The number of nitrogens with zero attached hydrogens (tertiary/aromatic N) is 5. The first-order valence-electron chi connectivity index (χ1n) is 17.9. The standard InChI is InChI=1S/C38H48N6O3S2/c1-3-39-38(45)44-22-17-33-35(26-44)49-37(41-33)29-10-12-30(13-11-29)46-23-5-18-42-21-16-32-34(25-42)48-36(40-32)28-8-14-31(15-9-28)47-24-6-20-43-19-4-7-27(43)2/h8-15,27H,3-7,16-26H2,1-2H3,(H,39,45)/t27-/m0/s1. The van der Waals surface area contributed by atoms with Crippen LogP contribution in [0.5, 0.6) is 11.5 Å². The van der Waals surface area contributed by atoms with Crippen molar-refractivity contribution in [3.8, 4) is 32.6 Å². The molecular formula is C38H48N6O3S2. The summed E-state index contributed by atoms with van der Waals surface area (Å²) in [4.78, 5) is 31.7. The van der Waals surface area contributed by atoms with Crippen molar-refractivity contribution in [1.82, 2.24) is 30.0 Å². The van der Waals surface area contributed by atoms with Crippen LogP contribution in [0.1, 0.15) is 60.7 Å². The van der Waals surface area contributed by atoms with Crippen molar-refractivity contribution in [3.05, 3.63) is 69.7 Å². The smallest absolute Gasteiger partial charge is 0.317 e. The predicted molar refractivity (Wildman–Crippen MR) is 198 cm³/mol. The van der Waals surface area contributed by atoms with Crippen LogP contribution in [0.4, 0.5) is 4.79 Å². The molecule has 260 valence electrons. The summed E-state index contributed by atoms with van der Waals surface area (Å²) < 4.78 is 12.2. The van der Waals surface area contributed by atoms with Crippen LogP contribution in [0.3, 0.4) is 0 Å². The maximum atomic E-state index is 12.3. The Bertz CT molecular complexity index is 1690. The van der Waals surface area contributed by atoms with E-state index in [1.165, 1.54) is 40.4 Å². The SMILES string of the molecule is CCNC(=O)N1CCc2nc(-c3ccc(OCCCN4CCc5nc(-c6ccc(OCCCN7CCC[C@@H]7C)cc6)sc5C4)cc3)sc2C1. The van der Waals surface area contributed by atoms with Gasteiger partial charge in [0.25, 0.3) is 0 Å². The lowest BCUT2D eigenvalue weighted by molar-refractivity contribution is 0.193. The summed E-state index contributed by atoms with van der Waals surface area (Å²) in [5.74, 6) is 1.82. The summed E-state index contributed by atoms with van der Waals surface area (Å²) in [5.41, 5.74) is 4.63. The average molecular weight is 701 g/mol. The second kappa shape index (κ2) is 16.0. The number of rotatable bonds is 13. The Morgan fingerprint density at radius 2 is 1.41 bits per heavy atom. The minimum atomic E-state index is 0.00333. The van der Waals surface area contributed by atoms with Gasteiger partial charge in [-0.15, -0.1) is 22.7 Å². The number of likely N-dealkylation sites (tertiary alicyclic amines) is 1. The van der Waals surface area contributed by atoms with E-state index in [2.05, 4.69) is 58.4 Å². The number of hydrogen-bond acceptors (Lipinski definition) is 9. The molecule has 0 spiro atoms. The molecule has 1 fully saturated rings. The fourth-order valence-electron chi connectivity index (χ4n) is 6.97. The van der Waals surface area contributed by atoms with Gasteiger partial charge in [0.05, 0.1) is 31.1 Å². The zero-order valence-electron chi connectivity index (χ0n) is 28.8. The molecule has 0 unspecified atom stereocenters. The summed E-state index contributed by atoms with van der Waals surface area (Å²) in [7, 11) is 0. The molecule has 0 saturated carbocycles. The lowest BCUT2D eigenvalue weighted by Crippen LogP contribution is -2.42. The van der Waals surface area contributed by atoms with E-state index in [0.717, 1.165) is 97.3 Å². The van der Waals surface area contributed by atoms with Crippen molar-refractivity contribution < 1.29 is 14.3 Å². The van der Waals surface area contributed by atoms with Gasteiger partial charge in [-0.1, -0.05) is 0 Å². The molecule has 49 heavy (non-hydrogen) atoms. The third-order valence-corrected chi connectivity index (χ3v) is 12.1. The van der Waals surface area contributed by atoms with Crippen molar-refractivity contribution >= 4 is 28.7 Å². The van der Waals surface area contributed by atoms with Gasteiger partial charge in [-0.05, 0) is 94.6 Å². The highest BCUT2D eigenvalue weighted by Crippen LogP contribution is 2.34. The van der Waals surface area contributed by atoms with E-state index in [1.54, 1.807) is 11.3 Å². The number of carbonyl (C=O) groups excluding carboxylic acids is 1. The van der Waals surface area contributed by atoms with E-state index < -0.39 is 0 Å². The van der Waals surface area contributed by atoms with E-state index >= 15 is 0 Å². The Hall–Kier alpha value is -3.51. The van der Waals surface area contributed by atoms with Crippen molar-refractivity contribution in [1.29, 1.82) is 0 Å². The zero-order valence-corrected chi connectivity index (χ0v) is 30.4. The van der Waals surface area contributed by atoms with E-state index in [1.807, 2.05) is 35.3 Å². The highest BCUT2D eigenvalue weighted by molar-refractivity contribution is 7.15. The predicted octanol–water partition coefficient (Wildman–Crippen LogP) is 7.10. The Labute approximate surface area is 298 Å². The molecular weight excluding hydrogens is 653 g/mol. The minimum absolute atomic E-state index is 0.00333. The second-order valence-corrected chi connectivity index (χ2v) is 15.5. The van der Waals surface area contributed by atoms with Crippen molar-refractivity contribution in [2.75, 3.05) is 52.5 Å². The van der Waals surface area contributed by atoms with Crippen molar-refractivity contribution in [2.45, 2.75) is 71.5 Å². The van der Waals surface area contributed by atoms with Crippen LogP contribution in [-0.4, -0.2) is 89.2 Å². The van der Waals surface area contributed by atoms with Gasteiger partial charge in [-0.25, -0.2) is 14.8 Å².